The Balaban J connectivity index is 0.966. The highest BCUT2D eigenvalue weighted by atomic mass is 16.3. The van der Waals surface area contributed by atoms with Crippen LogP contribution in [-0.4, -0.2) is 15.0 Å². The topological polar surface area (TPSA) is 65.0 Å². The highest BCUT2D eigenvalue weighted by Gasteiger charge is 2.18. The lowest BCUT2D eigenvalue weighted by atomic mass is 9.99. The van der Waals surface area contributed by atoms with E-state index in [0.717, 1.165) is 93.9 Å². The lowest BCUT2D eigenvalue weighted by Crippen LogP contribution is -2.00. The highest BCUT2D eigenvalue weighted by Crippen LogP contribution is 2.42. The fraction of sp³-hybridized carbons (Fsp3) is 0. The van der Waals surface area contributed by atoms with Crippen LogP contribution in [0.15, 0.2) is 197 Å². The summed E-state index contributed by atoms with van der Waals surface area (Å²) in [7, 11) is 0. The van der Waals surface area contributed by atoms with E-state index in [-0.39, 0.29) is 0 Å². The largest absolute Gasteiger partial charge is 0.455 e. The maximum atomic E-state index is 6.69. The molecule has 0 N–H and O–H groups in total. The minimum Gasteiger partial charge on any atom is -0.455 e. The third-order valence-electron chi connectivity index (χ3n) is 10.6. The number of hydrogen-bond acceptors (Lipinski definition) is 5. The van der Waals surface area contributed by atoms with Crippen molar-refractivity contribution in [2.24, 2.45) is 0 Å². The van der Waals surface area contributed by atoms with Gasteiger partial charge in [-0.1, -0.05) is 164 Å². The van der Waals surface area contributed by atoms with Gasteiger partial charge >= 0.3 is 0 Å². The Labute approximate surface area is 322 Å². The van der Waals surface area contributed by atoms with E-state index in [4.69, 9.17) is 23.8 Å². The first kappa shape index (κ1) is 31.9. The second-order valence-electron chi connectivity index (χ2n) is 14.0. The lowest BCUT2D eigenvalue weighted by molar-refractivity contribution is 0.665. The van der Waals surface area contributed by atoms with Gasteiger partial charge in [0.2, 0.25) is 0 Å². The maximum absolute atomic E-state index is 6.69. The summed E-state index contributed by atoms with van der Waals surface area (Å²) in [5, 5.41) is 4.35. The van der Waals surface area contributed by atoms with E-state index in [2.05, 4.69) is 133 Å². The minimum atomic E-state index is 0.616. The van der Waals surface area contributed by atoms with Crippen molar-refractivity contribution in [1.82, 2.24) is 15.0 Å². The third kappa shape index (κ3) is 5.45. The summed E-state index contributed by atoms with van der Waals surface area (Å²) < 4.78 is 13.1. The smallest absolute Gasteiger partial charge is 0.164 e. The van der Waals surface area contributed by atoms with Crippen LogP contribution in [0.5, 0.6) is 0 Å². The SMILES string of the molecule is c1ccc(-c2cccc(-c3nc(-c4ccccc4)nc(-c4ccc(-c5ccc6c(c5)oc5c(-c7cccc8c7oc7ccccc78)cccc56)cc4)n3)c2)cc1. The number of hydrogen-bond donors (Lipinski definition) is 0. The molecule has 0 bridgehead atoms. The molecule has 56 heavy (non-hydrogen) atoms. The van der Waals surface area contributed by atoms with E-state index < -0.39 is 0 Å². The molecular weight excluding hydrogens is 687 g/mol. The second kappa shape index (κ2) is 13.0. The van der Waals surface area contributed by atoms with Crippen molar-refractivity contribution in [3.63, 3.8) is 0 Å². The van der Waals surface area contributed by atoms with Crippen molar-refractivity contribution in [2.75, 3.05) is 0 Å². The molecule has 3 heterocycles. The van der Waals surface area contributed by atoms with Crippen LogP contribution in [-0.2, 0) is 0 Å². The molecule has 8 aromatic carbocycles. The quantitative estimate of drug-likeness (QED) is 0.171. The van der Waals surface area contributed by atoms with Crippen molar-refractivity contribution in [1.29, 1.82) is 0 Å². The summed E-state index contributed by atoms with van der Waals surface area (Å²) in [4.78, 5) is 14.9. The summed E-state index contributed by atoms with van der Waals surface area (Å²) in [5.74, 6) is 1.87. The van der Waals surface area contributed by atoms with Gasteiger partial charge in [-0.3, -0.25) is 0 Å². The number of furan rings is 2. The first-order valence-corrected chi connectivity index (χ1v) is 18.7. The average molecular weight is 718 g/mol. The second-order valence-corrected chi connectivity index (χ2v) is 14.0. The standard InChI is InChI=1S/C51H31N3O2/c1-3-12-32(13-4-1)36-16-9-17-38(30-36)51-53-49(34-14-5-2-6-15-34)52-50(54-51)35-26-24-33(25-27-35)37-28-29-40-42-20-11-22-44(48(42)56-46(40)31-37)43-21-10-19-41-39-18-7-8-23-45(39)55-47(41)43/h1-31H. The fourth-order valence-electron chi connectivity index (χ4n) is 7.78. The van der Waals surface area contributed by atoms with Gasteiger partial charge in [0.05, 0.1) is 0 Å². The maximum Gasteiger partial charge on any atom is 0.164 e. The highest BCUT2D eigenvalue weighted by molar-refractivity contribution is 6.15. The monoisotopic (exact) mass is 717 g/mol. The van der Waals surface area contributed by atoms with Crippen LogP contribution < -0.4 is 0 Å². The summed E-state index contributed by atoms with van der Waals surface area (Å²) in [6, 6.07) is 64.5. The van der Waals surface area contributed by atoms with Crippen molar-refractivity contribution in [2.45, 2.75) is 0 Å². The van der Waals surface area contributed by atoms with Gasteiger partial charge in [0.15, 0.2) is 17.5 Å². The van der Waals surface area contributed by atoms with E-state index in [1.165, 1.54) is 0 Å². The van der Waals surface area contributed by atoms with Gasteiger partial charge in [0.1, 0.15) is 22.3 Å². The Morgan fingerprint density at radius 3 is 1.39 bits per heavy atom. The molecule has 11 rings (SSSR count). The van der Waals surface area contributed by atoms with Crippen molar-refractivity contribution >= 4 is 43.9 Å². The number of rotatable bonds is 6. The van der Waals surface area contributed by atoms with Crippen LogP contribution in [0.1, 0.15) is 0 Å². The van der Waals surface area contributed by atoms with E-state index in [1.54, 1.807) is 0 Å². The molecule has 0 aliphatic carbocycles. The molecule has 262 valence electrons. The van der Waals surface area contributed by atoms with Gasteiger partial charge in [-0.15, -0.1) is 0 Å². The molecule has 0 fully saturated rings. The Bertz CT molecular complexity index is 3240. The zero-order valence-corrected chi connectivity index (χ0v) is 30.1. The number of fused-ring (bicyclic) bond motifs is 6. The minimum absolute atomic E-state index is 0.616. The molecule has 0 radical (unpaired) electrons. The van der Waals surface area contributed by atoms with Gasteiger partial charge in [-0.05, 0) is 46.5 Å². The van der Waals surface area contributed by atoms with Crippen LogP contribution in [0.25, 0.3) is 111 Å². The molecule has 0 aliphatic heterocycles. The van der Waals surface area contributed by atoms with Crippen LogP contribution >= 0.6 is 0 Å². The van der Waals surface area contributed by atoms with Gasteiger partial charge in [0, 0.05) is 49.4 Å². The molecule has 5 heteroatoms. The normalized spacial score (nSPS) is 11.6. The summed E-state index contributed by atoms with van der Waals surface area (Å²) in [6.07, 6.45) is 0. The van der Waals surface area contributed by atoms with Crippen LogP contribution in [0.2, 0.25) is 0 Å². The van der Waals surface area contributed by atoms with E-state index in [0.29, 0.717) is 17.5 Å². The van der Waals surface area contributed by atoms with Gasteiger partial charge in [0.25, 0.3) is 0 Å². The fourth-order valence-corrected chi connectivity index (χ4v) is 7.78. The van der Waals surface area contributed by atoms with Gasteiger partial charge < -0.3 is 8.83 Å². The van der Waals surface area contributed by atoms with E-state index >= 15 is 0 Å². The summed E-state index contributed by atoms with van der Waals surface area (Å²) in [6.45, 7) is 0. The van der Waals surface area contributed by atoms with Gasteiger partial charge in [-0.2, -0.15) is 0 Å². The predicted molar refractivity (Wildman–Crippen MR) is 227 cm³/mol. The first-order valence-electron chi connectivity index (χ1n) is 18.7. The van der Waals surface area contributed by atoms with Gasteiger partial charge in [-0.25, -0.2) is 15.0 Å². The summed E-state index contributed by atoms with van der Waals surface area (Å²) >= 11 is 0. The number of benzene rings is 8. The molecule has 0 aliphatic rings. The molecule has 3 aromatic heterocycles. The Morgan fingerprint density at radius 1 is 0.268 bits per heavy atom. The third-order valence-corrected chi connectivity index (χ3v) is 10.6. The molecule has 11 aromatic rings. The van der Waals surface area contributed by atoms with Crippen molar-refractivity contribution in [3.05, 3.63) is 188 Å². The predicted octanol–water partition coefficient (Wildman–Crippen LogP) is 13.7. The molecule has 0 saturated heterocycles. The number of nitrogens with zero attached hydrogens (tertiary/aromatic N) is 3. The van der Waals surface area contributed by atoms with Crippen molar-refractivity contribution in [3.8, 4) is 67.5 Å². The number of aromatic nitrogens is 3. The molecule has 0 amide bonds. The molecule has 0 saturated carbocycles. The van der Waals surface area contributed by atoms with E-state index in [9.17, 15) is 0 Å². The molecule has 0 unspecified atom stereocenters. The Morgan fingerprint density at radius 2 is 0.696 bits per heavy atom. The average Bonchev–Trinajstić information content (AvgIpc) is 3.85. The molecule has 5 nitrogen and oxygen atoms in total. The zero-order valence-electron chi connectivity index (χ0n) is 30.1. The zero-order chi connectivity index (χ0) is 37.0. The Kier molecular flexibility index (Phi) is 7.42. The lowest BCUT2D eigenvalue weighted by Gasteiger charge is -2.10. The van der Waals surface area contributed by atoms with E-state index in [1.807, 2.05) is 54.6 Å². The van der Waals surface area contributed by atoms with Crippen molar-refractivity contribution < 1.29 is 8.83 Å². The van der Waals surface area contributed by atoms with Crippen LogP contribution in [0.4, 0.5) is 0 Å². The Hall–Kier alpha value is -7.63. The first-order chi connectivity index (χ1) is 27.7. The molecule has 0 spiro atoms. The number of para-hydroxylation sites is 3. The van der Waals surface area contributed by atoms with Crippen LogP contribution in [0.3, 0.4) is 0 Å². The van der Waals surface area contributed by atoms with Crippen LogP contribution in [0, 0.1) is 0 Å². The molecular formula is C51H31N3O2. The summed E-state index contributed by atoms with van der Waals surface area (Å²) in [5.41, 5.74) is 12.6. The molecule has 0 atom stereocenters.